The van der Waals surface area contributed by atoms with E-state index < -0.39 is 0 Å². The second kappa shape index (κ2) is 5.88. The summed E-state index contributed by atoms with van der Waals surface area (Å²) < 4.78 is 2.59. The third-order valence-corrected chi connectivity index (χ3v) is 3.03. The van der Waals surface area contributed by atoms with Crippen molar-refractivity contribution >= 4 is 27.5 Å². The highest BCUT2D eigenvalue weighted by atomic mass is 79.9. The van der Waals surface area contributed by atoms with Gasteiger partial charge in [0, 0.05) is 28.5 Å². The van der Waals surface area contributed by atoms with E-state index in [-0.39, 0.29) is 5.91 Å². The first kappa shape index (κ1) is 13.6. The molecule has 0 aliphatic rings. The summed E-state index contributed by atoms with van der Waals surface area (Å²) >= 11 is 3.31. The van der Waals surface area contributed by atoms with Gasteiger partial charge in [-0.05, 0) is 30.7 Å². The first-order valence-corrected chi connectivity index (χ1v) is 6.67. The molecule has 0 radical (unpaired) electrons. The fourth-order valence-corrected chi connectivity index (χ4v) is 2.23. The van der Waals surface area contributed by atoms with Crippen molar-refractivity contribution in [3.05, 3.63) is 46.2 Å². The number of carbonyl (C=O) groups excluding carboxylic acids is 1. The first-order valence-electron chi connectivity index (χ1n) is 5.88. The summed E-state index contributed by atoms with van der Waals surface area (Å²) in [6.07, 6.45) is 3.72. The number of aryl methyl sites for hydroxylation is 1. The summed E-state index contributed by atoms with van der Waals surface area (Å²) in [5.41, 5.74) is 7.90. The number of aromatic nitrogens is 2. The lowest BCUT2D eigenvalue weighted by Crippen LogP contribution is -2.27. The highest BCUT2D eigenvalue weighted by Gasteiger charge is 2.06. The minimum Gasteiger partial charge on any atom is -0.399 e. The maximum Gasteiger partial charge on any atom is 0.251 e. The molecule has 0 unspecified atom stereocenters. The molecule has 1 aromatic heterocycles. The van der Waals surface area contributed by atoms with Gasteiger partial charge in [-0.25, -0.2) is 0 Å². The van der Waals surface area contributed by atoms with Crippen molar-refractivity contribution in [3.63, 3.8) is 0 Å². The van der Waals surface area contributed by atoms with Crippen LogP contribution < -0.4 is 11.1 Å². The number of amides is 1. The molecule has 0 fully saturated rings. The number of hydrogen-bond donors (Lipinski definition) is 2. The second-order valence-corrected chi connectivity index (χ2v) is 5.23. The van der Waals surface area contributed by atoms with Crippen LogP contribution in [0.25, 0.3) is 0 Å². The average Bonchev–Trinajstić information content (AvgIpc) is 2.73. The van der Waals surface area contributed by atoms with Crippen LogP contribution in [-0.4, -0.2) is 22.2 Å². The van der Waals surface area contributed by atoms with Crippen molar-refractivity contribution in [2.24, 2.45) is 0 Å². The number of rotatable bonds is 4. The molecule has 3 N–H and O–H groups in total. The maximum atomic E-state index is 11.9. The molecule has 0 spiro atoms. The number of nitrogens with one attached hydrogen (secondary N) is 1. The molecular weight excluding hydrogens is 308 g/mol. The highest BCUT2D eigenvalue weighted by Crippen LogP contribution is 2.17. The SMILES string of the molecule is Cc1cnn(CCNC(=O)c2cc(N)cc(Br)c2)c1. The quantitative estimate of drug-likeness (QED) is 0.845. The molecule has 0 bridgehead atoms. The van der Waals surface area contributed by atoms with Crippen molar-refractivity contribution in [2.75, 3.05) is 12.3 Å². The highest BCUT2D eigenvalue weighted by molar-refractivity contribution is 9.10. The van der Waals surface area contributed by atoms with Gasteiger partial charge in [0.25, 0.3) is 5.91 Å². The summed E-state index contributed by atoms with van der Waals surface area (Å²) in [5.74, 6) is -0.142. The third-order valence-electron chi connectivity index (χ3n) is 2.57. The van der Waals surface area contributed by atoms with Gasteiger partial charge < -0.3 is 11.1 Å². The van der Waals surface area contributed by atoms with Gasteiger partial charge in [0.15, 0.2) is 0 Å². The van der Waals surface area contributed by atoms with Crippen LogP contribution in [0.5, 0.6) is 0 Å². The minimum absolute atomic E-state index is 0.142. The molecule has 6 heteroatoms. The van der Waals surface area contributed by atoms with Crippen molar-refractivity contribution < 1.29 is 4.79 Å². The predicted molar refractivity (Wildman–Crippen MR) is 77.9 cm³/mol. The van der Waals surface area contributed by atoms with Gasteiger partial charge in [-0.15, -0.1) is 0 Å². The maximum absolute atomic E-state index is 11.9. The Kier molecular flexibility index (Phi) is 4.21. The fraction of sp³-hybridized carbons (Fsp3) is 0.231. The average molecular weight is 323 g/mol. The van der Waals surface area contributed by atoms with Gasteiger partial charge in [0.2, 0.25) is 0 Å². The molecule has 0 aliphatic heterocycles. The summed E-state index contributed by atoms with van der Waals surface area (Å²) in [4.78, 5) is 11.9. The number of nitrogen functional groups attached to an aromatic ring is 1. The van der Waals surface area contributed by atoms with Crippen molar-refractivity contribution in [3.8, 4) is 0 Å². The lowest BCUT2D eigenvalue weighted by atomic mass is 10.2. The molecule has 2 rings (SSSR count). The zero-order chi connectivity index (χ0) is 13.8. The lowest BCUT2D eigenvalue weighted by molar-refractivity contribution is 0.0952. The molecule has 5 nitrogen and oxygen atoms in total. The zero-order valence-electron chi connectivity index (χ0n) is 10.6. The van der Waals surface area contributed by atoms with E-state index >= 15 is 0 Å². The Morgan fingerprint density at radius 3 is 2.89 bits per heavy atom. The smallest absolute Gasteiger partial charge is 0.251 e. The normalized spacial score (nSPS) is 10.4. The van der Waals surface area contributed by atoms with Gasteiger partial charge in [-0.2, -0.15) is 5.10 Å². The summed E-state index contributed by atoms with van der Waals surface area (Å²) in [6.45, 7) is 3.14. The molecule has 1 amide bonds. The van der Waals surface area contributed by atoms with Crippen LogP contribution in [0.15, 0.2) is 35.1 Å². The van der Waals surface area contributed by atoms with E-state index in [2.05, 4.69) is 26.3 Å². The predicted octanol–water partition coefficient (Wildman–Crippen LogP) is 1.97. The van der Waals surface area contributed by atoms with Crippen molar-refractivity contribution in [1.29, 1.82) is 0 Å². The zero-order valence-corrected chi connectivity index (χ0v) is 12.1. The van der Waals surface area contributed by atoms with Crippen LogP contribution in [0.3, 0.4) is 0 Å². The van der Waals surface area contributed by atoms with Gasteiger partial charge in [0.05, 0.1) is 12.7 Å². The molecule has 0 saturated carbocycles. The second-order valence-electron chi connectivity index (χ2n) is 4.31. The Balaban J connectivity index is 1.90. The van der Waals surface area contributed by atoms with Crippen LogP contribution in [0.2, 0.25) is 0 Å². The Morgan fingerprint density at radius 1 is 1.47 bits per heavy atom. The van der Waals surface area contributed by atoms with Gasteiger partial charge in [-0.1, -0.05) is 15.9 Å². The van der Waals surface area contributed by atoms with E-state index in [9.17, 15) is 4.79 Å². The number of benzene rings is 1. The van der Waals surface area contributed by atoms with E-state index in [4.69, 9.17) is 5.73 Å². The Bertz CT molecular complexity index is 574. The van der Waals surface area contributed by atoms with E-state index in [1.54, 1.807) is 29.1 Å². The first-order chi connectivity index (χ1) is 9.04. The monoisotopic (exact) mass is 322 g/mol. The molecule has 0 saturated heterocycles. The van der Waals surface area contributed by atoms with Gasteiger partial charge in [0.1, 0.15) is 0 Å². The number of anilines is 1. The molecule has 2 aromatic rings. The van der Waals surface area contributed by atoms with Crippen LogP contribution in [0.1, 0.15) is 15.9 Å². The molecule has 0 aliphatic carbocycles. The van der Waals surface area contributed by atoms with E-state index in [1.165, 1.54) is 0 Å². The number of nitrogens with zero attached hydrogens (tertiary/aromatic N) is 2. The Morgan fingerprint density at radius 2 is 2.26 bits per heavy atom. The van der Waals surface area contributed by atoms with Crippen LogP contribution in [0.4, 0.5) is 5.69 Å². The summed E-state index contributed by atoms with van der Waals surface area (Å²) in [6, 6.07) is 5.14. The summed E-state index contributed by atoms with van der Waals surface area (Å²) in [7, 11) is 0. The van der Waals surface area contributed by atoms with E-state index in [1.807, 2.05) is 13.1 Å². The van der Waals surface area contributed by atoms with Crippen LogP contribution in [-0.2, 0) is 6.54 Å². The van der Waals surface area contributed by atoms with Gasteiger partial charge >= 0.3 is 0 Å². The number of nitrogens with two attached hydrogens (primary N) is 1. The van der Waals surface area contributed by atoms with Crippen molar-refractivity contribution in [1.82, 2.24) is 15.1 Å². The van der Waals surface area contributed by atoms with Gasteiger partial charge in [-0.3, -0.25) is 9.48 Å². The fourth-order valence-electron chi connectivity index (χ4n) is 1.72. The number of carbonyl (C=O) groups is 1. The van der Waals surface area contributed by atoms with Crippen molar-refractivity contribution in [2.45, 2.75) is 13.5 Å². The molecule has 0 atom stereocenters. The Labute approximate surface area is 119 Å². The minimum atomic E-state index is -0.142. The largest absolute Gasteiger partial charge is 0.399 e. The topological polar surface area (TPSA) is 72.9 Å². The van der Waals surface area contributed by atoms with Crippen LogP contribution >= 0.6 is 15.9 Å². The molecule has 1 heterocycles. The Hall–Kier alpha value is -1.82. The standard InChI is InChI=1S/C13H15BrN4O/c1-9-7-17-18(8-9)3-2-16-13(19)10-4-11(14)6-12(15)5-10/h4-8H,2-3,15H2,1H3,(H,16,19). The summed E-state index contributed by atoms with van der Waals surface area (Å²) in [5, 5.41) is 6.99. The lowest BCUT2D eigenvalue weighted by Gasteiger charge is -2.06. The molecule has 100 valence electrons. The van der Waals surface area contributed by atoms with Crippen LogP contribution in [0, 0.1) is 6.92 Å². The van der Waals surface area contributed by atoms with E-state index in [0.29, 0.717) is 24.3 Å². The number of hydrogen-bond acceptors (Lipinski definition) is 3. The molecule has 19 heavy (non-hydrogen) atoms. The molecule has 1 aromatic carbocycles. The van der Waals surface area contributed by atoms with E-state index in [0.717, 1.165) is 10.0 Å². The number of halogens is 1. The third kappa shape index (κ3) is 3.82. The molecular formula is C13H15BrN4O.